The fourth-order valence-corrected chi connectivity index (χ4v) is 3.21. The Morgan fingerprint density at radius 1 is 1.28 bits per heavy atom. The van der Waals surface area contributed by atoms with E-state index in [2.05, 4.69) is 27.6 Å². The van der Waals surface area contributed by atoms with Crippen molar-refractivity contribution >= 4 is 6.03 Å². The zero-order valence-electron chi connectivity index (χ0n) is 14.3. The van der Waals surface area contributed by atoms with E-state index in [1.165, 1.54) is 5.56 Å². The molecule has 2 N–H and O–H groups in total. The fraction of sp³-hybridized carbons (Fsp3) is 0.500. The van der Waals surface area contributed by atoms with Gasteiger partial charge in [-0.25, -0.2) is 4.79 Å². The number of amides is 2. The minimum atomic E-state index is -0.142. The highest BCUT2D eigenvalue weighted by molar-refractivity contribution is 5.74. The lowest BCUT2D eigenvalue weighted by Gasteiger charge is -2.34. The minimum Gasteiger partial charge on any atom is -0.394 e. The molecule has 1 aromatic heterocycles. The van der Waals surface area contributed by atoms with Crippen molar-refractivity contribution in [2.45, 2.75) is 44.8 Å². The molecular weight excluding hydrogens is 318 g/mol. The molecule has 1 aliphatic heterocycles. The van der Waals surface area contributed by atoms with E-state index >= 15 is 0 Å². The number of nitrogens with zero attached hydrogens (tertiary/aromatic N) is 4. The van der Waals surface area contributed by atoms with Crippen LogP contribution in [0.3, 0.4) is 0 Å². The molecule has 0 spiro atoms. The molecule has 2 heterocycles. The largest absolute Gasteiger partial charge is 0.394 e. The molecule has 2 amide bonds. The number of aromatic nitrogens is 3. The first-order valence-electron chi connectivity index (χ1n) is 8.84. The van der Waals surface area contributed by atoms with Crippen LogP contribution in [0.25, 0.3) is 0 Å². The van der Waals surface area contributed by atoms with Gasteiger partial charge in [-0.2, -0.15) is 0 Å². The second-order valence-electron chi connectivity index (χ2n) is 6.36. The van der Waals surface area contributed by atoms with Gasteiger partial charge in [0.25, 0.3) is 0 Å². The first kappa shape index (κ1) is 17.4. The number of aliphatic hydroxyl groups is 1. The number of piperidine rings is 1. The Kier molecular flexibility index (Phi) is 6.00. The number of hydrogen-bond donors (Lipinski definition) is 2. The van der Waals surface area contributed by atoms with E-state index in [0.717, 1.165) is 38.1 Å². The highest BCUT2D eigenvalue weighted by Gasteiger charge is 2.26. The van der Waals surface area contributed by atoms with Crippen LogP contribution in [0.1, 0.15) is 30.7 Å². The van der Waals surface area contributed by atoms with Crippen molar-refractivity contribution in [3.8, 4) is 0 Å². The van der Waals surface area contributed by atoms with Crippen molar-refractivity contribution in [1.29, 1.82) is 0 Å². The van der Waals surface area contributed by atoms with Gasteiger partial charge in [-0.1, -0.05) is 30.3 Å². The van der Waals surface area contributed by atoms with E-state index in [1.54, 1.807) is 11.2 Å². The van der Waals surface area contributed by atoms with Crippen LogP contribution in [0.15, 0.2) is 36.7 Å². The molecule has 0 saturated carbocycles. The Balaban J connectivity index is 1.53. The van der Waals surface area contributed by atoms with Gasteiger partial charge in [0, 0.05) is 13.1 Å². The van der Waals surface area contributed by atoms with Crippen LogP contribution in [0, 0.1) is 0 Å². The van der Waals surface area contributed by atoms with Crippen molar-refractivity contribution in [3.05, 3.63) is 48.0 Å². The summed E-state index contributed by atoms with van der Waals surface area (Å²) in [6, 6.07) is 10.0. The fourth-order valence-electron chi connectivity index (χ4n) is 3.21. The van der Waals surface area contributed by atoms with Crippen LogP contribution in [-0.4, -0.2) is 50.0 Å². The number of benzene rings is 1. The number of aryl methyl sites for hydroxylation is 2. The molecule has 7 heteroatoms. The van der Waals surface area contributed by atoms with Gasteiger partial charge in [-0.05, 0) is 31.2 Å². The van der Waals surface area contributed by atoms with Crippen molar-refractivity contribution in [1.82, 2.24) is 25.0 Å². The highest BCUT2D eigenvalue weighted by atomic mass is 16.3. The second-order valence-corrected chi connectivity index (χ2v) is 6.36. The molecule has 3 rings (SSSR count). The van der Waals surface area contributed by atoms with E-state index in [0.29, 0.717) is 13.1 Å². The Hall–Kier alpha value is -2.41. The van der Waals surface area contributed by atoms with Gasteiger partial charge in [0.2, 0.25) is 0 Å². The molecule has 0 bridgehead atoms. The van der Waals surface area contributed by atoms with Gasteiger partial charge in [0.15, 0.2) is 5.82 Å². The second kappa shape index (κ2) is 8.62. The zero-order valence-corrected chi connectivity index (χ0v) is 14.3. The van der Waals surface area contributed by atoms with Gasteiger partial charge in [0.1, 0.15) is 6.33 Å². The van der Waals surface area contributed by atoms with E-state index < -0.39 is 0 Å². The third-order valence-corrected chi connectivity index (χ3v) is 4.68. The van der Waals surface area contributed by atoms with Gasteiger partial charge in [-0.3, -0.25) is 0 Å². The summed E-state index contributed by atoms with van der Waals surface area (Å²) in [5.41, 5.74) is 1.25. The third kappa shape index (κ3) is 4.57. The lowest BCUT2D eigenvalue weighted by molar-refractivity contribution is 0.108. The molecule has 2 aromatic rings. The molecule has 1 atom stereocenters. The Morgan fingerprint density at radius 2 is 2.12 bits per heavy atom. The summed E-state index contributed by atoms with van der Waals surface area (Å²) in [5.74, 6) is 0.738. The molecule has 0 aliphatic carbocycles. The quantitative estimate of drug-likeness (QED) is 0.834. The Morgan fingerprint density at radius 3 is 2.92 bits per heavy atom. The molecule has 1 aromatic carbocycles. The SMILES string of the molecule is O=C(NCc1nncn1CCc1ccccc1)N1CCCCC1CO. The van der Waals surface area contributed by atoms with Crippen LogP contribution in [-0.2, 0) is 19.5 Å². The molecule has 1 saturated heterocycles. The van der Waals surface area contributed by atoms with E-state index in [1.807, 2.05) is 22.8 Å². The zero-order chi connectivity index (χ0) is 17.5. The number of likely N-dealkylation sites (tertiary alicyclic amines) is 1. The van der Waals surface area contributed by atoms with Gasteiger partial charge in [-0.15, -0.1) is 10.2 Å². The maximum atomic E-state index is 12.4. The molecule has 7 nitrogen and oxygen atoms in total. The highest BCUT2D eigenvalue weighted by Crippen LogP contribution is 2.16. The van der Waals surface area contributed by atoms with Crippen LogP contribution in [0.5, 0.6) is 0 Å². The summed E-state index contributed by atoms with van der Waals surface area (Å²) in [7, 11) is 0. The van der Waals surface area contributed by atoms with Crippen molar-refractivity contribution in [3.63, 3.8) is 0 Å². The maximum absolute atomic E-state index is 12.4. The number of rotatable bonds is 6. The van der Waals surface area contributed by atoms with Gasteiger partial charge >= 0.3 is 6.03 Å². The van der Waals surface area contributed by atoms with Crippen LogP contribution < -0.4 is 5.32 Å². The van der Waals surface area contributed by atoms with E-state index in [-0.39, 0.29) is 18.7 Å². The average Bonchev–Trinajstić information content (AvgIpc) is 3.12. The summed E-state index contributed by atoms with van der Waals surface area (Å²) in [5, 5.41) is 20.4. The summed E-state index contributed by atoms with van der Waals surface area (Å²) < 4.78 is 1.97. The average molecular weight is 343 g/mol. The lowest BCUT2D eigenvalue weighted by Crippen LogP contribution is -2.50. The Bertz CT molecular complexity index is 673. The normalized spacial score (nSPS) is 17.5. The third-order valence-electron chi connectivity index (χ3n) is 4.68. The standard InChI is InChI=1S/C18H25N5O2/c24-13-16-8-4-5-10-23(16)18(25)19-12-17-21-20-14-22(17)11-9-15-6-2-1-3-7-15/h1-3,6-7,14,16,24H,4-5,8-13H2,(H,19,25). The monoisotopic (exact) mass is 343 g/mol. The number of aliphatic hydroxyl groups excluding tert-OH is 1. The molecule has 1 aliphatic rings. The summed E-state index contributed by atoms with van der Waals surface area (Å²) >= 11 is 0. The number of nitrogens with one attached hydrogen (secondary N) is 1. The summed E-state index contributed by atoms with van der Waals surface area (Å²) in [6.07, 6.45) is 5.48. The smallest absolute Gasteiger partial charge is 0.318 e. The maximum Gasteiger partial charge on any atom is 0.318 e. The van der Waals surface area contributed by atoms with E-state index in [9.17, 15) is 9.90 Å². The molecule has 25 heavy (non-hydrogen) atoms. The van der Waals surface area contributed by atoms with Crippen LogP contribution >= 0.6 is 0 Å². The van der Waals surface area contributed by atoms with Gasteiger partial charge in [0.05, 0.1) is 19.2 Å². The summed E-state index contributed by atoms with van der Waals surface area (Å²) in [4.78, 5) is 14.1. The Labute approximate surface area is 147 Å². The molecule has 1 unspecified atom stereocenters. The first-order chi connectivity index (χ1) is 12.3. The summed E-state index contributed by atoms with van der Waals surface area (Å²) in [6.45, 7) is 1.81. The van der Waals surface area contributed by atoms with Crippen LogP contribution in [0.4, 0.5) is 4.79 Å². The molecule has 134 valence electrons. The van der Waals surface area contributed by atoms with E-state index in [4.69, 9.17) is 0 Å². The predicted molar refractivity (Wildman–Crippen MR) is 93.8 cm³/mol. The van der Waals surface area contributed by atoms with Crippen molar-refractivity contribution in [2.24, 2.45) is 0 Å². The predicted octanol–water partition coefficient (Wildman–Crippen LogP) is 1.58. The lowest BCUT2D eigenvalue weighted by atomic mass is 10.0. The number of urea groups is 1. The minimum absolute atomic E-state index is 0.0146. The number of hydrogen-bond acceptors (Lipinski definition) is 4. The molecular formula is C18H25N5O2. The van der Waals surface area contributed by atoms with Crippen LogP contribution in [0.2, 0.25) is 0 Å². The topological polar surface area (TPSA) is 83.3 Å². The first-order valence-corrected chi connectivity index (χ1v) is 8.84. The molecule has 0 radical (unpaired) electrons. The molecule has 1 fully saturated rings. The van der Waals surface area contributed by atoms with Gasteiger partial charge < -0.3 is 19.9 Å². The number of carbonyl (C=O) groups is 1. The number of carbonyl (C=O) groups excluding carboxylic acids is 1. The van der Waals surface area contributed by atoms with Crippen molar-refractivity contribution in [2.75, 3.05) is 13.2 Å². The van der Waals surface area contributed by atoms with Crippen molar-refractivity contribution < 1.29 is 9.90 Å².